The molecule has 6 nitrogen and oxygen atoms in total. The first kappa shape index (κ1) is 18.6. The molecule has 2 aromatic rings. The maximum absolute atomic E-state index is 12.9. The van der Waals surface area contributed by atoms with E-state index in [1.807, 2.05) is 29.2 Å². The molecule has 0 N–H and O–H groups in total. The minimum Gasteiger partial charge on any atom is -0.372 e. The summed E-state index contributed by atoms with van der Waals surface area (Å²) in [6, 6.07) is 12.0. The molecule has 2 fully saturated rings. The minimum atomic E-state index is -0.347. The summed E-state index contributed by atoms with van der Waals surface area (Å²) in [6.07, 6.45) is 9.75. The summed E-state index contributed by atoms with van der Waals surface area (Å²) in [7, 11) is 0. The third kappa shape index (κ3) is 4.39. The van der Waals surface area contributed by atoms with Crippen molar-refractivity contribution < 1.29 is 9.53 Å². The highest BCUT2D eigenvalue weighted by molar-refractivity contribution is 5.78. The van der Waals surface area contributed by atoms with Crippen LogP contribution in [0.3, 0.4) is 0 Å². The number of hydrogen-bond acceptors (Lipinski definition) is 5. The fourth-order valence-electron chi connectivity index (χ4n) is 3.90. The van der Waals surface area contributed by atoms with Gasteiger partial charge in [-0.1, -0.05) is 42.5 Å². The molecule has 3 heterocycles. The average molecular weight is 378 g/mol. The van der Waals surface area contributed by atoms with Crippen molar-refractivity contribution in [3.63, 3.8) is 0 Å². The van der Waals surface area contributed by atoms with Crippen molar-refractivity contribution in [3.05, 3.63) is 60.4 Å². The van der Waals surface area contributed by atoms with Crippen LogP contribution in [0.2, 0.25) is 0 Å². The van der Waals surface area contributed by atoms with E-state index in [2.05, 4.69) is 39.2 Å². The maximum Gasteiger partial charge on any atom is 0.225 e. The fraction of sp³-hybridized carbons (Fsp3) is 0.409. The molecular weight excluding hydrogens is 352 g/mol. The Kier molecular flexibility index (Phi) is 5.67. The van der Waals surface area contributed by atoms with E-state index < -0.39 is 0 Å². The molecule has 2 aliphatic rings. The molecule has 4 rings (SSSR count). The lowest BCUT2D eigenvalue weighted by molar-refractivity contribution is -0.133. The molecule has 0 radical (unpaired) electrons. The summed E-state index contributed by atoms with van der Waals surface area (Å²) >= 11 is 0. The van der Waals surface area contributed by atoms with E-state index in [0.717, 1.165) is 37.4 Å². The van der Waals surface area contributed by atoms with Gasteiger partial charge in [0.2, 0.25) is 11.9 Å². The Bertz CT molecular complexity index is 802. The molecule has 1 amide bonds. The molecule has 6 heteroatoms. The zero-order chi connectivity index (χ0) is 19.2. The first-order chi connectivity index (χ1) is 13.7. The fourth-order valence-corrected chi connectivity index (χ4v) is 3.90. The SMILES string of the molecule is O=C1CC2(CCN(c3ncccn3)CC2)OCCN1CC=Cc1ccccc1. The van der Waals surface area contributed by atoms with Crippen molar-refractivity contribution in [2.24, 2.45) is 0 Å². The molecule has 2 aliphatic heterocycles. The number of piperidine rings is 1. The van der Waals surface area contributed by atoms with E-state index in [9.17, 15) is 4.79 Å². The van der Waals surface area contributed by atoms with Gasteiger partial charge in [-0.15, -0.1) is 0 Å². The average Bonchev–Trinajstić information content (AvgIpc) is 2.89. The Labute approximate surface area is 165 Å². The van der Waals surface area contributed by atoms with Crippen molar-refractivity contribution >= 4 is 17.9 Å². The normalized spacial score (nSPS) is 19.9. The summed E-state index contributed by atoms with van der Waals surface area (Å²) in [5, 5.41) is 0. The lowest BCUT2D eigenvalue weighted by Crippen LogP contribution is -2.47. The Morgan fingerprint density at radius 1 is 1.04 bits per heavy atom. The van der Waals surface area contributed by atoms with Gasteiger partial charge in [-0.2, -0.15) is 0 Å². The molecule has 0 bridgehead atoms. The van der Waals surface area contributed by atoms with Gasteiger partial charge in [-0.3, -0.25) is 4.79 Å². The second-order valence-corrected chi connectivity index (χ2v) is 7.40. The van der Waals surface area contributed by atoms with Crippen LogP contribution >= 0.6 is 0 Å². The van der Waals surface area contributed by atoms with Gasteiger partial charge in [0.1, 0.15) is 0 Å². The molecule has 1 aromatic carbocycles. The molecule has 1 aromatic heterocycles. The van der Waals surface area contributed by atoms with Gasteiger partial charge in [0.25, 0.3) is 0 Å². The van der Waals surface area contributed by atoms with Gasteiger partial charge >= 0.3 is 0 Å². The minimum absolute atomic E-state index is 0.180. The summed E-state index contributed by atoms with van der Waals surface area (Å²) in [6.45, 7) is 3.48. The Morgan fingerprint density at radius 2 is 1.79 bits per heavy atom. The molecular formula is C22H26N4O2. The van der Waals surface area contributed by atoms with E-state index in [4.69, 9.17) is 4.74 Å². The number of hydrogen-bond donors (Lipinski definition) is 0. The highest BCUT2D eigenvalue weighted by Crippen LogP contribution is 2.33. The number of ether oxygens (including phenoxy) is 1. The Morgan fingerprint density at radius 3 is 2.54 bits per heavy atom. The van der Waals surface area contributed by atoms with Crippen LogP contribution in [-0.4, -0.2) is 59.2 Å². The first-order valence-electron chi connectivity index (χ1n) is 9.89. The number of anilines is 1. The Balaban J connectivity index is 1.34. The number of carbonyl (C=O) groups is 1. The van der Waals surface area contributed by atoms with Crippen LogP contribution in [0.5, 0.6) is 0 Å². The maximum atomic E-state index is 12.9. The van der Waals surface area contributed by atoms with Crippen molar-refractivity contribution in [1.29, 1.82) is 0 Å². The largest absolute Gasteiger partial charge is 0.372 e. The van der Waals surface area contributed by atoms with Crippen molar-refractivity contribution in [1.82, 2.24) is 14.9 Å². The number of rotatable bonds is 4. The number of benzene rings is 1. The number of aromatic nitrogens is 2. The number of nitrogens with zero attached hydrogens (tertiary/aromatic N) is 4. The molecule has 0 aliphatic carbocycles. The van der Waals surface area contributed by atoms with Crippen LogP contribution in [0.1, 0.15) is 24.8 Å². The monoisotopic (exact) mass is 378 g/mol. The van der Waals surface area contributed by atoms with Gasteiger partial charge in [0.05, 0.1) is 18.6 Å². The third-order valence-electron chi connectivity index (χ3n) is 5.54. The van der Waals surface area contributed by atoms with Gasteiger partial charge in [0.15, 0.2) is 0 Å². The molecule has 1 spiro atoms. The van der Waals surface area contributed by atoms with Crippen LogP contribution in [0.4, 0.5) is 5.95 Å². The van der Waals surface area contributed by atoms with Gasteiger partial charge < -0.3 is 14.5 Å². The van der Waals surface area contributed by atoms with Crippen LogP contribution in [0.15, 0.2) is 54.9 Å². The zero-order valence-corrected chi connectivity index (χ0v) is 16.0. The second kappa shape index (κ2) is 8.52. The standard InChI is InChI=1S/C22H26N4O2/c27-20-18-22(9-14-26(15-10-22)21-23-11-5-12-24-21)28-17-16-25(20)13-4-8-19-6-2-1-3-7-19/h1-8,11-12H,9-10,13-18H2. The smallest absolute Gasteiger partial charge is 0.225 e. The molecule has 146 valence electrons. The van der Waals surface area contributed by atoms with Gasteiger partial charge in [0, 0.05) is 38.6 Å². The van der Waals surface area contributed by atoms with Gasteiger partial charge in [-0.25, -0.2) is 9.97 Å². The second-order valence-electron chi connectivity index (χ2n) is 7.40. The van der Waals surface area contributed by atoms with E-state index in [0.29, 0.717) is 26.1 Å². The van der Waals surface area contributed by atoms with Crippen molar-refractivity contribution in [2.45, 2.75) is 24.9 Å². The van der Waals surface area contributed by atoms with Crippen LogP contribution in [-0.2, 0) is 9.53 Å². The summed E-state index contributed by atoms with van der Waals surface area (Å²) < 4.78 is 6.23. The highest BCUT2D eigenvalue weighted by atomic mass is 16.5. The molecule has 2 saturated heterocycles. The Hall–Kier alpha value is -2.73. The molecule has 28 heavy (non-hydrogen) atoms. The van der Waals surface area contributed by atoms with E-state index in [1.54, 1.807) is 12.4 Å². The zero-order valence-electron chi connectivity index (χ0n) is 16.0. The van der Waals surface area contributed by atoms with E-state index in [1.165, 1.54) is 0 Å². The van der Waals surface area contributed by atoms with Crippen LogP contribution in [0, 0.1) is 0 Å². The lowest BCUT2D eigenvalue weighted by atomic mass is 9.87. The predicted molar refractivity (Wildman–Crippen MR) is 109 cm³/mol. The number of amides is 1. The lowest BCUT2D eigenvalue weighted by Gasteiger charge is -2.40. The van der Waals surface area contributed by atoms with Crippen LogP contribution in [0.25, 0.3) is 6.08 Å². The topological polar surface area (TPSA) is 58.6 Å². The summed E-state index contributed by atoms with van der Waals surface area (Å²) in [5.74, 6) is 0.935. The van der Waals surface area contributed by atoms with Gasteiger partial charge in [-0.05, 0) is 24.5 Å². The number of carbonyl (C=O) groups excluding carboxylic acids is 1. The molecule has 0 atom stereocenters. The highest BCUT2D eigenvalue weighted by Gasteiger charge is 2.40. The van der Waals surface area contributed by atoms with E-state index in [-0.39, 0.29) is 11.5 Å². The first-order valence-corrected chi connectivity index (χ1v) is 9.89. The quantitative estimate of drug-likeness (QED) is 0.819. The van der Waals surface area contributed by atoms with Crippen molar-refractivity contribution in [2.75, 3.05) is 37.7 Å². The predicted octanol–water partition coefficient (Wildman–Crippen LogP) is 2.78. The van der Waals surface area contributed by atoms with Crippen molar-refractivity contribution in [3.8, 4) is 0 Å². The van der Waals surface area contributed by atoms with E-state index >= 15 is 0 Å². The van der Waals surface area contributed by atoms with Crippen LogP contribution < -0.4 is 4.90 Å². The summed E-state index contributed by atoms with van der Waals surface area (Å²) in [4.78, 5) is 25.6. The molecule has 0 unspecified atom stereocenters. The third-order valence-corrected chi connectivity index (χ3v) is 5.54. The summed E-state index contributed by atoms with van der Waals surface area (Å²) in [5.41, 5.74) is 0.799. The molecule has 0 saturated carbocycles.